The molecule has 5 heteroatoms. The van der Waals surface area contributed by atoms with Gasteiger partial charge in [0.05, 0.1) is 0 Å². The molecule has 0 aromatic heterocycles. The predicted octanol–water partition coefficient (Wildman–Crippen LogP) is 2.19. The molecule has 3 rings (SSSR count). The van der Waals surface area contributed by atoms with Crippen LogP contribution in [0.3, 0.4) is 0 Å². The second-order valence-corrected chi connectivity index (χ2v) is 7.37. The van der Waals surface area contributed by atoms with E-state index in [2.05, 4.69) is 27.7 Å². The average molecular weight is 294 g/mol. The smallest absolute Gasteiger partial charge is 0.202 e. The van der Waals surface area contributed by atoms with Crippen molar-refractivity contribution >= 4 is 10.2 Å². The molecule has 0 atom stereocenters. The Hall–Kier alpha value is -0.910. The van der Waals surface area contributed by atoms with Gasteiger partial charge in [-0.2, -0.15) is 8.42 Å². The van der Waals surface area contributed by atoms with Crippen molar-refractivity contribution in [3.63, 3.8) is 0 Å². The van der Waals surface area contributed by atoms with E-state index < -0.39 is 10.2 Å². The Kier molecular flexibility index (Phi) is 4.10. The van der Waals surface area contributed by atoms with Crippen molar-refractivity contribution < 1.29 is 8.42 Å². The number of hydrogen-bond donors (Lipinski definition) is 2. The first-order valence-corrected chi connectivity index (χ1v) is 8.97. The van der Waals surface area contributed by atoms with Crippen molar-refractivity contribution in [2.24, 2.45) is 5.92 Å². The van der Waals surface area contributed by atoms with E-state index in [0.29, 0.717) is 13.1 Å². The fraction of sp³-hybridized carbons (Fsp3) is 0.600. The maximum Gasteiger partial charge on any atom is 0.276 e. The van der Waals surface area contributed by atoms with Crippen molar-refractivity contribution in [1.82, 2.24) is 9.44 Å². The van der Waals surface area contributed by atoms with Gasteiger partial charge in [-0.25, -0.2) is 9.44 Å². The molecule has 0 bridgehead atoms. The quantitative estimate of drug-likeness (QED) is 0.820. The van der Waals surface area contributed by atoms with E-state index in [1.165, 1.54) is 42.4 Å². The van der Waals surface area contributed by atoms with Gasteiger partial charge >= 0.3 is 0 Å². The van der Waals surface area contributed by atoms with Crippen LogP contribution in [0.15, 0.2) is 34.9 Å². The van der Waals surface area contributed by atoms with Crippen molar-refractivity contribution in [2.75, 3.05) is 13.1 Å². The molecule has 2 N–H and O–H groups in total. The molecule has 110 valence electrons. The lowest BCUT2D eigenvalue weighted by Crippen LogP contribution is -2.49. The zero-order chi connectivity index (χ0) is 14.0. The lowest BCUT2D eigenvalue weighted by atomic mass is 9.84. The Labute approximate surface area is 121 Å². The highest BCUT2D eigenvalue weighted by Gasteiger charge is 2.25. The Morgan fingerprint density at radius 3 is 2.45 bits per heavy atom. The van der Waals surface area contributed by atoms with Crippen LogP contribution in [0.5, 0.6) is 0 Å². The van der Waals surface area contributed by atoms with E-state index in [1.54, 1.807) is 0 Å². The normalized spacial score (nSPS) is 27.5. The second-order valence-electron chi connectivity index (χ2n) is 5.78. The highest BCUT2D eigenvalue weighted by Crippen LogP contribution is 2.32. The first kappa shape index (κ1) is 14.0. The summed E-state index contributed by atoms with van der Waals surface area (Å²) in [5.74, 6) is 0.248. The molecule has 0 saturated carbocycles. The molecule has 1 aliphatic heterocycles. The second kappa shape index (κ2) is 5.84. The van der Waals surface area contributed by atoms with Crippen LogP contribution in [0, 0.1) is 5.92 Å². The van der Waals surface area contributed by atoms with Crippen molar-refractivity contribution in [3.05, 3.63) is 34.9 Å². The standard InChI is InChI=1S/C15H22N2O2S/c18-20(19)16-10-15(11-17-20)14-8-4-7-13(9-14)12-5-2-1-3-6-12/h5,8-9,15-17H,1-4,6-7,10-11H2. The van der Waals surface area contributed by atoms with E-state index in [1.807, 2.05) is 0 Å². The van der Waals surface area contributed by atoms with Crippen LogP contribution in [-0.2, 0) is 10.2 Å². The average Bonchev–Trinajstić information content (AvgIpc) is 2.48. The fourth-order valence-corrected chi connectivity index (χ4v) is 4.12. The molecule has 1 fully saturated rings. The summed E-state index contributed by atoms with van der Waals surface area (Å²) in [6, 6.07) is 0. The summed E-state index contributed by atoms with van der Waals surface area (Å²) in [5.41, 5.74) is 4.27. The summed E-state index contributed by atoms with van der Waals surface area (Å²) in [6.07, 6.45) is 14.2. The van der Waals surface area contributed by atoms with Gasteiger partial charge in [-0.3, -0.25) is 0 Å². The Morgan fingerprint density at radius 2 is 1.75 bits per heavy atom. The molecule has 0 amide bonds. The Morgan fingerprint density at radius 1 is 0.950 bits per heavy atom. The van der Waals surface area contributed by atoms with Crippen LogP contribution >= 0.6 is 0 Å². The number of hydrogen-bond acceptors (Lipinski definition) is 2. The molecular weight excluding hydrogens is 272 g/mol. The van der Waals surface area contributed by atoms with Gasteiger partial charge < -0.3 is 0 Å². The van der Waals surface area contributed by atoms with Gasteiger partial charge in [-0.1, -0.05) is 18.2 Å². The van der Waals surface area contributed by atoms with Crippen molar-refractivity contribution in [3.8, 4) is 0 Å². The van der Waals surface area contributed by atoms with E-state index >= 15 is 0 Å². The monoisotopic (exact) mass is 294 g/mol. The fourth-order valence-electron chi connectivity index (χ4n) is 3.17. The third kappa shape index (κ3) is 3.22. The van der Waals surface area contributed by atoms with Gasteiger partial charge in [0.15, 0.2) is 0 Å². The summed E-state index contributed by atoms with van der Waals surface area (Å²) in [5, 5.41) is 0. The molecule has 4 nitrogen and oxygen atoms in total. The molecule has 0 aromatic carbocycles. The molecule has 1 heterocycles. The minimum absolute atomic E-state index is 0.248. The third-order valence-corrected chi connectivity index (χ3v) is 5.44. The summed E-state index contributed by atoms with van der Waals surface area (Å²) in [6.45, 7) is 1.01. The maximum absolute atomic E-state index is 11.3. The number of allylic oxidation sites excluding steroid dienone is 5. The molecule has 0 spiro atoms. The molecule has 3 aliphatic rings. The van der Waals surface area contributed by atoms with E-state index in [-0.39, 0.29) is 5.92 Å². The molecule has 0 aromatic rings. The summed E-state index contributed by atoms with van der Waals surface area (Å²) < 4.78 is 27.8. The van der Waals surface area contributed by atoms with Gasteiger partial charge in [0.25, 0.3) is 10.2 Å². The van der Waals surface area contributed by atoms with Crippen LogP contribution in [0.25, 0.3) is 0 Å². The molecule has 1 saturated heterocycles. The van der Waals surface area contributed by atoms with Gasteiger partial charge in [0, 0.05) is 19.0 Å². The third-order valence-electron chi connectivity index (χ3n) is 4.35. The summed E-state index contributed by atoms with van der Waals surface area (Å²) >= 11 is 0. The lowest BCUT2D eigenvalue weighted by molar-refractivity contribution is 0.500. The first-order valence-electron chi connectivity index (χ1n) is 7.48. The zero-order valence-corrected chi connectivity index (χ0v) is 12.5. The van der Waals surface area contributed by atoms with Gasteiger partial charge in [-0.05, 0) is 55.2 Å². The Balaban J connectivity index is 1.73. The number of rotatable bonds is 2. The zero-order valence-electron chi connectivity index (χ0n) is 11.7. The van der Waals surface area contributed by atoms with Crippen LogP contribution in [0.1, 0.15) is 38.5 Å². The van der Waals surface area contributed by atoms with E-state index in [9.17, 15) is 8.42 Å². The summed E-state index contributed by atoms with van der Waals surface area (Å²) in [7, 11) is -3.25. The first-order chi connectivity index (χ1) is 9.64. The van der Waals surface area contributed by atoms with Gasteiger partial charge in [0.1, 0.15) is 0 Å². The van der Waals surface area contributed by atoms with E-state index in [4.69, 9.17) is 0 Å². The van der Waals surface area contributed by atoms with Crippen LogP contribution in [0.4, 0.5) is 0 Å². The van der Waals surface area contributed by atoms with Crippen molar-refractivity contribution in [2.45, 2.75) is 38.5 Å². The Bertz CT molecular complexity index is 559. The largest absolute Gasteiger partial charge is 0.276 e. The molecular formula is C15H22N2O2S. The van der Waals surface area contributed by atoms with Crippen LogP contribution in [0.2, 0.25) is 0 Å². The van der Waals surface area contributed by atoms with E-state index in [0.717, 1.165) is 12.8 Å². The predicted molar refractivity (Wildman–Crippen MR) is 80.4 cm³/mol. The number of nitrogens with one attached hydrogen (secondary N) is 2. The van der Waals surface area contributed by atoms with Gasteiger partial charge in [-0.15, -0.1) is 0 Å². The minimum atomic E-state index is -3.25. The van der Waals surface area contributed by atoms with Crippen LogP contribution in [-0.4, -0.2) is 21.5 Å². The molecule has 20 heavy (non-hydrogen) atoms. The molecule has 0 radical (unpaired) electrons. The lowest BCUT2D eigenvalue weighted by Gasteiger charge is -2.27. The highest BCUT2D eigenvalue weighted by molar-refractivity contribution is 7.87. The van der Waals surface area contributed by atoms with Crippen molar-refractivity contribution in [1.29, 1.82) is 0 Å². The van der Waals surface area contributed by atoms with Crippen LogP contribution < -0.4 is 9.44 Å². The topological polar surface area (TPSA) is 58.2 Å². The molecule has 2 aliphatic carbocycles. The highest BCUT2D eigenvalue weighted by atomic mass is 32.2. The SMILES string of the molecule is O=S1(=O)NCC(C2=CCCC(C3=CCCCC3)=C2)CN1. The minimum Gasteiger partial charge on any atom is -0.202 e. The maximum atomic E-state index is 11.3. The molecule has 0 unspecified atom stereocenters. The van der Waals surface area contributed by atoms with Gasteiger partial charge in [0.2, 0.25) is 0 Å². The summed E-state index contributed by atoms with van der Waals surface area (Å²) in [4.78, 5) is 0.